The molecule has 2 rings (SSSR count). The Morgan fingerprint density at radius 3 is 2.21 bits per heavy atom. The van der Waals surface area contributed by atoms with E-state index in [0.29, 0.717) is 19.1 Å². The van der Waals surface area contributed by atoms with Crippen molar-refractivity contribution in [3.63, 3.8) is 0 Å². The monoisotopic (exact) mass is 266 g/mol. The van der Waals surface area contributed by atoms with Crippen molar-refractivity contribution in [3.8, 4) is 0 Å². The SMILES string of the molecule is CC(=O)N(CCNC(=O)C1CC1)C1CCCCCC1. The zero-order valence-corrected chi connectivity index (χ0v) is 12.0. The van der Waals surface area contributed by atoms with E-state index in [2.05, 4.69) is 5.32 Å². The molecule has 2 saturated carbocycles. The summed E-state index contributed by atoms with van der Waals surface area (Å²) in [6.07, 6.45) is 9.34. The minimum atomic E-state index is 0.146. The van der Waals surface area contributed by atoms with E-state index in [9.17, 15) is 9.59 Å². The smallest absolute Gasteiger partial charge is 0.223 e. The molecule has 108 valence electrons. The minimum absolute atomic E-state index is 0.146. The number of carbonyl (C=O) groups is 2. The predicted octanol–water partition coefficient (Wildman–Crippen LogP) is 2.08. The number of nitrogens with zero attached hydrogens (tertiary/aromatic N) is 1. The van der Waals surface area contributed by atoms with E-state index in [-0.39, 0.29) is 17.7 Å². The van der Waals surface area contributed by atoms with Crippen LogP contribution in [-0.4, -0.2) is 35.8 Å². The Morgan fingerprint density at radius 1 is 1.05 bits per heavy atom. The molecule has 0 bridgehead atoms. The second kappa shape index (κ2) is 6.92. The summed E-state index contributed by atoms with van der Waals surface area (Å²) in [7, 11) is 0. The Morgan fingerprint density at radius 2 is 1.68 bits per heavy atom. The zero-order chi connectivity index (χ0) is 13.7. The summed E-state index contributed by atoms with van der Waals surface area (Å²) in [5, 5.41) is 2.95. The third-order valence-electron chi connectivity index (χ3n) is 4.27. The Hall–Kier alpha value is -1.06. The van der Waals surface area contributed by atoms with Crippen LogP contribution in [0.4, 0.5) is 0 Å². The molecule has 2 amide bonds. The van der Waals surface area contributed by atoms with Gasteiger partial charge in [-0.25, -0.2) is 0 Å². The van der Waals surface area contributed by atoms with Crippen molar-refractivity contribution in [3.05, 3.63) is 0 Å². The van der Waals surface area contributed by atoms with E-state index in [4.69, 9.17) is 0 Å². The van der Waals surface area contributed by atoms with Crippen molar-refractivity contribution in [1.82, 2.24) is 10.2 Å². The van der Waals surface area contributed by atoms with Gasteiger partial charge in [0, 0.05) is 32.0 Å². The van der Waals surface area contributed by atoms with Crippen LogP contribution in [0.2, 0.25) is 0 Å². The highest BCUT2D eigenvalue weighted by Gasteiger charge is 2.29. The van der Waals surface area contributed by atoms with Crippen LogP contribution in [0.3, 0.4) is 0 Å². The quantitative estimate of drug-likeness (QED) is 0.775. The summed E-state index contributed by atoms with van der Waals surface area (Å²) in [6, 6.07) is 0.387. The van der Waals surface area contributed by atoms with E-state index in [1.165, 1.54) is 25.7 Å². The molecular weight excluding hydrogens is 240 g/mol. The zero-order valence-electron chi connectivity index (χ0n) is 12.0. The number of amides is 2. The lowest BCUT2D eigenvalue weighted by Crippen LogP contribution is -2.43. The van der Waals surface area contributed by atoms with Crippen molar-refractivity contribution < 1.29 is 9.59 Å². The van der Waals surface area contributed by atoms with Crippen molar-refractivity contribution in [2.24, 2.45) is 5.92 Å². The van der Waals surface area contributed by atoms with Gasteiger partial charge in [-0.2, -0.15) is 0 Å². The third-order valence-corrected chi connectivity index (χ3v) is 4.27. The molecule has 0 saturated heterocycles. The summed E-state index contributed by atoms with van der Waals surface area (Å²) in [6.45, 7) is 2.91. The molecule has 0 atom stereocenters. The highest BCUT2D eigenvalue weighted by molar-refractivity contribution is 5.80. The molecule has 0 aromatic heterocycles. The number of nitrogens with one attached hydrogen (secondary N) is 1. The van der Waals surface area contributed by atoms with Crippen LogP contribution in [0.5, 0.6) is 0 Å². The van der Waals surface area contributed by atoms with E-state index < -0.39 is 0 Å². The number of hydrogen-bond donors (Lipinski definition) is 1. The van der Waals surface area contributed by atoms with Crippen LogP contribution in [0, 0.1) is 5.92 Å². The maximum absolute atomic E-state index is 11.8. The van der Waals surface area contributed by atoms with Gasteiger partial charge in [0.1, 0.15) is 0 Å². The van der Waals surface area contributed by atoms with Gasteiger partial charge in [-0.05, 0) is 25.7 Å². The van der Waals surface area contributed by atoms with Gasteiger partial charge in [-0.3, -0.25) is 9.59 Å². The van der Waals surface area contributed by atoms with E-state index >= 15 is 0 Å². The van der Waals surface area contributed by atoms with Crippen molar-refractivity contribution in [2.45, 2.75) is 64.3 Å². The van der Waals surface area contributed by atoms with Gasteiger partial charge in [0.25, 0.3) is 0 Å². The molecule has 4 heteroatoms. The summed E-state index contributed by atoms with van der Waals surface area (Å²) < 4.78 is 0. The van der Waals surface area contributed by atoms with Crippen molar-refractivity contribution in [2.75, 3.05) is 13.1 Å². The highest BCUT2D eigenvalue weighted by Crippen LogP contribution is 2.28. The largest absolute Gasteiger partial charge is 0.354 e. The van der Waals surface area contributed by atoms with Crippen molar-refractivity contribution in [1.29, 1.82) is 0 Å². The first-order valence-corrected chi connectivity index (χ1v) is 7.73. The lowest BCUT2D eigenvalue weighted by Gasteiger charge is -2.30. The maximum atomic E-state index is 11.8. The second-order valence-electron chi connectivity index (χ2n) is 5.92. The third kappa shape index (κ3) is 4.51. The van der Waals surface area contributed by atoms with Gasteiger partial charge in [-0.1, -0.05) is 25.7 Å². The molecule has 0 aliphatic heterocycles. The Labute approximate surface area is 115 Å². The van der Waals surface area contributed by atoms with E-state index in [0.717, 1.165) is 25.7 Å². The second-order valence-corrected chi connectivity index (χ2v) is 5.92. The molecule has 0 heterocycles. The van der Waals surface area contributed by atoms with Crippen LogP contribution in [0.15, 0.2) is 0 Å². The summed E-state index contributed by atoms with van der Waals surface area (Å²) in [4.78, 5) is 25.3. The number of rotatable bonds is 5. The maximum Gasteiger partial charge on any atom is 0.223 e. The Balaban J connectivity index is 1.77. The first-order chi connectivity index (χ1) is 9.18. The molecule has 1 N–H and O–H groups in total. The predicted molar refractivity (Wildman–Crippen MR) is 74.6 cm³/mol. The molecule has 0 spiro atoms. The average molecular weight is 266 g/mol. The fraction of sp³-hybridized carbons (Fsp3) is 0.867. The van der Waals surface area contributed by atoms with Crippen LogP contribution < -0.4 is 5.32 Å². The van der Waals surface area contributed by atoms with Gasteiger partial charge in [-0.15, -0.1) is 0 Å². The molecule has 4 nitrogen and oxygen atoms in total. The lowest BCUT2D eigenvalue weighted by molar-refractivity contribution is -0.132. The number of hydrogen-bond acceptors (Lipinski definition) is 2. The summed E-state index contributed by atoms with van der Waals surface area (Å²) in [5.74, 6) is 0.570. The highest BCUT2D eigenvalue weighted by atomic mass is 16.2. The van der Waals surface area contributed by atoms with Gasteiger partial charge in [0.2, 0.25) is 11.8 Å². The van der Waals surface area contributed by atoms with E-state index in [1.54, 1.807) is 6.92 Å². The summed E-state index contributed by atoms with van der Waals surface area (Å²) in [5.41, 5.74) is 0. The molecule has 0 unspecified atom stereocenters. The Bertz CT molecular complexity index is 318. The average Bonchev–Trinajstić information content (AvgIpc) is 3.19. The standard InChI is InChI=1S/C15H26N2O2/c1-12(18)17(14-6-4-2-3-5-7-14)11-10-16-15(19)13-8-9-13/h13-14H,2-11H2,1H3,(H,16,19). The normalized spacial score (nSPS) is 20.7. The molecule has 0 radical (unpaired) electrons. The fourth-order valence-corrected chi connectivity index (χ4v) is 2.96. The molecule has 2 fully saturated rings. The number of carbonyl (C=O) groups excluding carboxylic acids is 2. The molecule has 0 aromatic carbocycles. The molecule has 19 heavy (non-hydrogen) atoms. The van der Waals surface area contributed by atoms with Gasteiger partial charge in [0.15, 0.2) is 0 Å². The molecular formula is C15H26N2O2. The van der Waals surface area contributed by atoms with Crippen LogP contribution >= 0.6 is 0 Å². The Kier molecular flexibility index (Phi) is 5.23. The topological polar surface area (TPSA) is 49.4 Å². The first kappa shape index (κ1) is 14.4. The van der Waals surface area contributed by atoms with Crippen LogP contribution in [-0.2, 0) is 9.59 Å². The molecule has 2 aliphatic rings. The lowest BCUT2D eigenvalue weighted by atomic mass is 10.1. The van der Waals surface area contributed by atoms with Gasteiger partial charge >= 0.3 is 0 Å². The molecule has 0 aromatic rings. The van der Waals surface area contributed by atoms with Crippen molar-refractivity contribution >= 4 is 11.8 Å². The fourth-order valence-electron chi connectivity index (χ4n) is 2.96. The van der Waals surface area contributed by atoms with Gasteiger partial charge in [0.05, 0.1) is 0 Å². The minimum Gasteiger partial charge on any atom is -0.354 e. The summed E-state index contributed by atoms with van der Waals surface area (Å²) >= 11 is 0. The van der Waals surface area contributed by atoms with Crippen LogP contribution in [0.1, 0.15) is 58.3 Å². The first-order valence-electron chi connectivity index (χ1n) is 7.73. The van der Waals surface area contributed by atoms with Gasteiger partial charge < -0.3 is 10.2 Å². The van der Waals surface area contributed by atoms with E-state index in [1.807, 2.05) is 4.90 Å². The van der Waals surface area contributed by atoms with Crippen LogP contribution in [0.25, 0.3) is 0 Å². The molecule has 2 aliphatic carbocycles.